The largest absolute Gasteiger partial charge is 0.466 e. The van der Waals surface area contributed by atoms with Gasteiger partial charge in [-0.2, -0.15) is 0 Å². The maximum absolute atomic E-state index is 10.7. The van der Waals surface area contributed by atoms with Crippen molar-refractivity contribution in [2.24, 2.45) is 0 Å². The second kappa shape index (κ2) is 7.65. The van der Waals surface area contributed by atoms with Crippen LogP contribution in [0.1, 0.15) is 33.1 Å². The lowest BCUT2D eigenvalue weighted by Gasteiger charge is -2.13. The Morgan fingerprint density at radius 1 is 1.54 bits per heavy atom. The minimum Gasteiger partial charge on any atom is -0.466 e. The first-order valence-electron chi connectivity index (χ1n) is 4.75. The van der Waals surface area contributed by atoms with Crippen molar-refractivity contribution in [3.05, 3.63) is 12.3 Å². The average Bonchev–Trinajstić information content (AvgIpc) is 2.16. The minimum absolute atomic E-state index is 0.321. The van der Waals surface area contributed by atoms with E-state index >= 15 is 0 Å². The monoisotopic (exact) mass is 185 g/mol. The molecule has 0 saturated heterocycles. The fourth-order valence-electron chi connectivity index (χ4n) is 1.07. The first-order chi connectivity index (χ1) is 6.24. The number of nitrogens with one attached hydrogen (secondary N) is 1. The Kier molecular flexibility index (Phi) is 7.07. The highest BCUT2D eigenvalue weighted by Crippen LogP contribution is 2.00. The second-order valence-corrected chi connectivity index (χ2v) is 2.92. The van der Waals surface area contributed by atoms with Gasteiger partial charge in [0.1, 0.15) is 0 Å². The van der Waals surface area contributed by atoms with Crippen molar-refractivity contribution < 1.29 is 9.53 Å². The molecule has 3 heteroatoms. The van der Waals surface area contributed by atoms with Crippen molar-refractivity contribution in [1.29, 1.82) is 0 Å². The van der Waals surface area contributed by atoms with Crippen LogP contribution < -0.4 is 5.32 Å². The van der Waals surface area contributed by atoms with Gasteiger partial charge in [0.15, 0.2) is 0 Å². The van der Waals surface area contributed by atoms with Gasteiger partial charge in [-0.05, 0) is 12.8 Å². The molecule has 0 rings (SSSR count). The van der Waals surface area contributed by atoms with E-state index in [1.807, 2.05) is 0 Å². The normalized spacial score (nSPS) is 12.8. The third-order valence-corrected chi connectivity index (χ3v) is 1.88. The van der Waals surface area contributed by atoms with Gasteiger partial charge in [-0.25, -0.2) is 4.79 Å². The van der Waals surface area contributed by atoms with E-state index in [9.17, 15) is 4.79 Å². The third kappa shape index (κ3) is 6.20. The highest BCUT2D eigenvalue weighted by Gasteiger charge is 2.00. The lowest BCUT2D eigenvalue weighted by molar-refractivity contribution is -0.134. The van der Waals surface area contributed by atoms with E-state index in [-0.39, 0.29) is 5.97 Å². The van der Waals surface area contributed by atoms with Gasteiger partial charge >= 0.3 is 5.97 Å². The lowest BCUT2D eigenvalue weighted by Crippen LogP contribution is -2.23. The highest BCUT2D eigenvalue weighted by molar-refractivity contribution is 5.81. The molecule has 0 aliphatic carbocycles. The minimum atomic E-state index is -0.321. The van der Waals surface area contributed by atoms with Crippen molar-refractivity contribution in [3.8, 4) is 0 Å². The smallest absolute Gasteiger partial charge is 0.331 e. The number of carbonyl (C=O) groups is 1. The molecule has 1 atom stereocenters. The molecular weight excluding hydrogens is 166 g/mol. The van der Waals surface area contributed by atoms with Crippen molar-refractivity contribution in [3.63, 3.8) is 0 Å². The maximum atomic E-state index is 10.7. The number of methoxy groups -OCH3 is 1. The van der Waals surface area contributed by atoms with Crippen molar-refractivity contribution >= 4 is 5.97 Å². The van der Waals surface area contributed by atoms with Gasteiger partial charge in [0.2, 0.25) is 0 Å². The van der Waals surface area contributed by atoms with E-state index < -0.39 is 0 Å². The predicted molar refractivity (Wildman–Crippen MR) is 53.3 cm³/mol. The van der Waals surface area contributed by atoms with Crippen LogP contribution in [0.3, 0.4) is 0 Å². The zero-order valence-electron chi connectivity index (χ0n) is 8.67. The summed E-state index contributed by atoms with van der Waals surface area (Å²) in [5.74, 6) is -0.321. The molecular formula is C10H19NO2. The van der Waals surface area contributed by atoms with E-state index in [4.69, 9.17) is 0 Å². The Morgan fingerprint density at radius 2 is 2.23 bits per heavy atom. The molecule has 0 fully saturated rings. The van der Waals surface area contributed by atoms with Crippen LogP contribution in [0, 0.1) is 0 Å². The van der Waals surface area contributed by atoms with Gasteiger partial charge in [-0.15, -0.1) is 0 Å². The molecule has 1 unspecified atom stereocenters. The summed E-state index contributed by atoms with van der Waals surface area (Å²) >= 11 is 0. The molecule has 0 heterocycles. The maximum Gasteiger partial charge on any atom is 0.331 e. The molecule has 0 bridgehead atoms. The van der Waals surface area contributed by atoms with E-state index in [2.05, 4.69) is 23.9 Å². The first kappa shape index (κ1) is 12.0. The Labute approximate surface area is 80.2 Å². The first-order valence-corrected chi connectivity index (χ1v) is 4.75. The quantitative estimate of drug-likeness (QED) is 0.507. The molecule has 1 N–H and O–H groups in total. The molecule has 0 radical (unpaired) electrons. The van der Waals surface area contributed by atoms with Crippen LogP contribution in [0.25, 0.3) is 0 Å². The van der Waals surface area contributed by atoms with Gasteiger partial charge in [-0.1, -0.05) is 20.3 Å². The number of carbonyl (C=O) groups excluding carboxylic acids is 1. The van der Waals surface area contributed by atoms with Gasteiger partial charge in [-0.3, -0.25) is 0 Å². The zero-order chi connectivity index (χ0) is 10.1. The number of hydrogen-bond acceptors (Lipinski definition) is 3. The van der Waals surface area contributed by atoms with Crippen molar-refractivity contribution in [2.45, 2.75) is 39.2 Å². The molecule has 13 heavy (non-hydrogen) atoms. The van der Waals surface area contributed by atoms with E-state index in [0.717, 1.165) is 19.3 Å². The van der Waals surface area contributed by atoms with Crippen LogP contribution in [0.15, 0.2) is 12.3 Å². The van der Waals surface area contributed by atoms with Gasteiger partial charge < -0.3 is 10.1 Å². The molecule has 0 aromatic carbocycles. The SMILES string of the molecule is CCCC(CC)N/C=C/C(=O)OC. The number of rotatable bonds is 6. The molecule has 0 spiro atoms. The second-order valence-electron chi connectivity index (χ2n) is 2.92. The Bertz CT molecular complexity index is 166. The van der Waals surface area contributed by atoms with Crippen molar-refractivity contribution in [1.82, 2.24) is 5.32 Å². The zero-order valence-corrected chi connectivity index (χ0v) is 8.67. The summed E-state index contributed by atoms with van der Waals surface area (Å²) in [5.41, 5.74) is 0. The molecule has 0 saturated carbocycles. The Morgan fingerprint density at radius 3 is 2.69 bits per heavy atom. The van der Waals surface area contributed by atoms with E-state index in [1.54, 1.807) is 6.20 Å². The molecule has 3 nitrogen and oxygen atoms in total. The van der Waals surface area contributed by atoms with Crippen molar-refractivity contribution in [2.75, 3.05) is 7.11 Å². The van der Waals surface area contributed by atoms with Crippen LogP contribution >= 0.6 is 0 Å². The number of esters is 1. The van der Waals surface area contributed by atoms with Crippen LogP contribution in [-0.2, 0) is 9.53 Å². The summed E-state index contributed by atoms with van der Waals surface area (Å²) in [7, 11) is 1.37. The summed E-state index contributed by atoms with van der Waals surface area (Å²) in [4.78, 5) is 10.7. The van der Waals surface area contributed by atoms with Gasteiger partial charge in [0, 0.05) is 18.3 Å². The van der Waals surface area contributed by atoms with Crippen LogP contribution in [-0.4, -0.2) is 19.1 Å². The van der Waals surface area contributed by atoms with E-state index in [0.29, 0.717) is 6.04 Å². The summed E-state index contributed by atoms with van der Waals surface area (Å²) in [6, 6.07) is 0.464. The predicted octanol–water partition coefficient (Wildman–Crippen LogP) is 1.84. The molecule has 0 amide bonds. The third-order valence-electron chi connectivity index (χ3n) is 1.88. The summed E-state index contributed by atoms with van der Waals surface area (Å²) in [6.07, 6.45) is 6.41. The Balaban J connectivity index is 3.70. The fraction of sp³-hybridized carbons (Fsp3) is 0.700. The number of ether oxygens (including phenoxy) is 1. The van der Waals surface area contributed by atoms with Gasteiger partial charge in [0.25, 0.3) is 0 Å². The average molecular weight is 185 g/mol. The van der Waals surface area contributed by atoms with Crippen LogP contribution in [0.2, 0.25) is 0 Å². The fourth-order valence-corrected chi connectivity index (χ4v) is 1.07. The summed E-state index contributed by atoms with van der Waals surface area (Å²) < 4.78 is 4.46. The molecule has 0 aromatic heterocycles. The van der Waals surface area contributed by atoms with Crippen LogP contribution in [0.5, 0.6) is 0 Å². The van der Waals surface area contributed by atoms with Crippen LogP contribution in [0.4, 0.5) is 0 Å². The molecule has 0 aliphatic heterocycles. The molecule has 0 aromatic rings. The Hall–Kier alpha value is -0.990. The molecule has 76 valence electrons. The molecule has 0 aliphatic rings. The highest BCUT2D eigenvalue weighted by atomic mass is 16.5. The van der Waals surface area contributed by atoms with Gasteiger partial charge in [0.05, 0.1) is 7.11 Å². The topological polar surface area (TPSA) is 38.3 Å². The van der Waals surface area contributed by atoms with E-state index in [1.165, 1.54) is 13.2 Å². The lowest BCUT2D eigenvalue weighted by atomic mass is 10.1. The summed E-state index contributed by atoms with van der Waals surface area (Å²) in [6.45, 7) is 4.27. The summed E-state index contributed by atoms with van der Waals surface area (Å²) in [5, 5.41) is 3.15. The number of hydrogen-bond donors (Lipinski definition) is 1. The standard InChI is InChI=1S/C10H19NO2/c1-4-6-9(5-2)11-8-7-10(12)13-3/h7-9,11H,4-6H2,1-3H3/b8-7+.